The van der Waals surface area contributed by atoms with E-state index in [-0.39, 0.29) is 11.3 Å². The molecule has 1 aromatic carbocycles. The van der Waals surface area contributed by atoms with Crippen molar-refractivity contribution in [2.45, 2.75) is 39.0 Å². The summed E-state index contributed by atoms with van der Waals surface area (Å²) in [4.78, 5) is 10.9. The van der Waals surface area contributed by atoms with E-state index in [9.17, 15) is 9.90 Å². The standard InChI is InChI=1S/C15H20O4/c1-10-13(8-7-12(14(10)16)15(17)18)19-9-11-5-3-2-4-6-11/h7-8,11,16H,2-6,9H2,1H3,(H,17,18). The number of carbonyl (C=O) groups is 1. The van der Waals surface area contributed by atoms with E-state index in [2.05, 4.69) is 0 Å². The fraction of sp³-hybridized carbons (Fsp3) is 0.533. The van der Waals surface area contributed by atoms with Gasteiger partial charge in [-0.05, 0) is 37.8 Å². The van der Waals surface area contributed by atoms with Gasteiger partial charge in [0.2, 0.25) is 0 Å². The number of aromatic carboxylic acids is 1. The zero-order valence-electron chi connectivity index (χ0n) is 11.2. The second-order valence-electron chi connectivity index (χ2n) is 5.21. The largest absolute Gasteiger partial charge is 0.507 e. The van der Waals surface area contributed by atoms with Crippen LogP contribution in [0.3, 0.4) is 0 Å². The SMILES string of the molecule is Cc1c(OCC2CCCCC2)ccc(C(=O)O)c1O. The maximum Gasteiger partial charge on any atom is 0.339 e. The Balaban J connectivity index is 2.04. The Morgan fingerprint density at radius 2 is 2.00 bits per heavy atom. The number of aromatic hydroxyl groups is 1. The first-order valence-corrected chi connectivity index (χ1v) is 6.78. The third-order valence-corrected chi connectivity index (χ3v) is 3.81. The van der Waals surface area contributed by atoms with E-state index in [0.717, 1.165) is 0 Å². The van der Waals surface area contributed by atoms with E-state index in [1.807, 2.05) is 0 Å². The lowest BCUT2D eigenvalue weighted by Crippen LogP contribution is -2.15. The van der Waals surface area contributed by atoms with Crippen molar-refractivity contribution < 1.29 is 19.7 Å². The fourth-order valence-corrected chi connectivity index (χ4v) is 2.57. The third kappa shape index (κ3) is 3.19. The van der Waals surface area contributed by atoms with Crippen LogP contribution in [0, 0.1) is 12.8 Å². The monoisotopic (exact) mass is 264 g/mol. The molecule has 104 valence electrons. The molecule has 0 aromatic heterocycles. The molecule has 0 atom stereocenters. The van der Waals surface area contributed by atoms with E-state index in [4.69, 9.17) is 9.84 Å². The van der Waals surface area contributed by atoms with Crippen molar-refractivity contribution in [3.05, 3.63) is 23.3 Å². The Bertz CT molecular complexity index is 461. The van der Waals surface area contributed by atoms with Gasteiger partial charge in [0.05, 0.1) is 6.61 Å². The molecule has 1 aliphatic rings. The van der Waals surface area contributed by atoms with Crippen LogP contribution in [0.1, 0.15) is 48.0 Å². The first kappa shape index (κ1) is 13.7. The Morgan fingerprint density at radius 1 is 1.32 bits per heavy atom. The van der Waals surface area contributed by atoms with E-state index >= 15 is 0 Å². The number of phenols is 1. The van der Waals surface area contributed by atoms with Crippen LogP contribution in [0.5, 0.6) is 11.5 Å². The molecule has 0 aliphatic heterocycles. The molecule has 0 saturated heterocycles. The van der Waals surface area contributed by atoms with Crippen LogP contribution in [-0.4, -0.2) is 22.8 Å². The average Bonchev–Trinajstić information content (AvgIpc) is 2.41. The molecule has 4 nitrogen and oxygen atoms in total. The molecular weight excluding hydrogens is 244 g/mol. The number of rotatable bonds is 4. The van der Waals surface area contributed by atoms with Gasteiger partial charge in [-0.15, -0.1) is 0 Å². The van der Waals surface area contributed by atoms with Crippen LogP contribution in [0.2, 0.25) is 0 Å². The van der Waals surface area contributed by atoms with Crippen molar-refractivity contribution >= 4 is 5.97 Å². The van der Waals surface area contributed by atoms with Gasteiger partial charge in [-0.2, -0.15) is 0 Å². The molecule has 19 heavy (non-hydrogen) atoms. The number of carboxylic acid groups (broad SMARTS) is 1. The summed E-state index contributed by atoms with van der Waals surface area (Å²) in [5.41, 5.74) is 0.415. The van der Waals surface area contributed by atoms with Gasteiger partial charge in [0.25, 0.3) is 0 Å². The van der Waals surface area contributed by atoms with E-state index in [1.54, 1.807) is 13.0 Å². The molecule has 0 amide bonds. The summed E-state index contributed by atoms with van der Waals surface area (Å²) >= 11 is 0. The van der Waals surface area contributed by atoms with Gasteiger partial charge in [0.15, 0.2) is 0 Å². The highest BCUT2D eigenvalue weighted by Crippen LogP contribution is 2.32. The lowest BCUT2D eigenvalue weighted by Gasteiger charge is -2.22. The fourth-order valence-electron chi connectivity index (χ4n) is 2.57. The highest BCUT2D eigenvalue weighted by atomic mass is 16.5. The van der Waals surface area contributed by atoms with Gasteiger partial charge in [-0.1, -0.05) is 19.3 Å². The average molecular weight is 264 g/mol. The van der Waals surface area contributed by atoms with E-state index in [1.165, 1.54) is 38.2 Å². The molecule has 0 radical (unpaired) electrons. The van der Waals surface area contributed by atoms with Gasteiger partial charge in [-0.3, -0.25) is 0 Å². The predicted molar refractivity (Wildman–Crippen MR) is 71.9 cm³/mol. The molecule has 1 saturated carbocycles. The maximum atomic E-state index is 10.9. The summed E-state index contributed by atoms with van der Waals surface area (Å²) in [5, 5.41) is 18.7. The normalized spacial score (nSPS) is 16.3. The molecule has 0 spiro atoms. The summed E-state index contributed by atoms with van der Waals surface area (Å²) in [6, 6.07) is 3.02. The van der Waals surface area contributed by atoms with Gasteiger partial charge >= 0.3 is 5.97 Å². The second kappa shape index (κ2) is 5.95. The number of benzene rings is 1. The van der Waals surface area contributed by atoms with Gasteiger partial charge < -0.3 is 14.9 Å². The highest BCUT2D eigenvalue weighted by molar-refractivity contribution is 5.91. The van der Waals surface area contributed by atoms with Crippen LogP contribution in [0.25, 0.3) is 0 Å². The lowest BCUT2D eigenvalue weighted by molar-refractivity contribution is 0.0693. The van der Waals surface area contributed by atoms with E-state index in [0.29, 0.717) is 23.8 Å². The minimum Gasteiger partial charge on any atom is -0.507 e. The van der Waals surface area contributed by atoms with Crippen molar-refractivity contribution in [2.24, 2.45) is 5.92 Å². The van der Waals surface area contributed by atoms with Crippen LogP contribution >= 0.6 is 0 Å². The molecule has 1 aromatic rings. The molecule has 1 aliphatic carbocycles. The molecule has 0 unspecified atom stereocenters. The Morgan fingerprint density at radius 3 is 2.63 bits per heavy atom. The van der Waals surface area contributed by atoms with Gasteiger partial charge in [-0.25, -0.2) is 4.79 Å². The molecule has 2 rings (SSSR count). The summed E-state index contributed by atoms with van der Waals surface area (Å²) in [5.74, 6) is -0.171. The molecule has 2 N–H and O–H groups in total. The molecule has 1 fully saturated rings. The van der Waals surface area contributed by atoms with Crippen molar-refractivity contribution in [3.63, 3.8) is 0 Å². The highest BCUT2D eigenvalue weighted by Gasteiger charge is 2.17. The summed E-state index contributed by atoms with van der Waals surface area (Å²) in [7, 11) is 0. The van der Waals surface area contributed by atoms with Crippen LogP contribution in [-0.2, 0) is 0 Å². The van der Waals surface area contributed by atoms with Crippen LogP contribution < -0.4 is 4.74 Å². The van der Waals surface area contributed by atoms with Gasteiger partial charge in [0.1, 0.15) is 17.1 Å². The Labute approximate surface area is 113 Å². The van der Waals surface area contributed by atoms with Crippen molar-refractivity contribution in [2.75, 3.05) is 6.61 Å². The Hall–Kier alpha value is -1.71. The topological polar surface area (TPSA) is 66.8 Å². The first-order valence-electron chi connectivity index (χ1n) is 6.78. The second-order valence-corrected chi connectivity index (χ2v) is 5.21. The quantitative estimate of drug-likeness (QED) is 0.875. The molecule has 0 bridgehead atoms. The van der Waals surface area contributed by atoms with Crippen molar-refractivity contribution in [3.8, 4) is 11.5 Å². The molecule has 4 heteroatoms. The van der Waals surface area contributed by atoms with Crippen LogP contribution in [0.15, 0.2) is 12.1 Å². The Kier molecular flexibility index (Phi) is 4.30. The van der Waals surface area contributed by atoms with E-state index < -0.39 is 5.97 Å². The molecular formula is C15H20O4. The van der Waals surface area contributed by atoms with Crippen LogP contribution in [0.4, 0.5) is 0 Å². The molecule has 0 heterocycles. The maximum absolute atomic E-state index is 10.9. The summed E-state index contributed by atoms with van der Waals surface area (Å²) in [6.07, 6.45) is 6.21. The number of hydrogen-bond donors (Lipinski definition) is 2. The zero-order chi connectivity index (χ0) is 13.8. The predicted octanol–water partition coefficient (Wildman–Crippen LogP) is 3.36. The lowest BCUT2D eigenvalue weighted by atomic mass is 9.90. The van der Waals surface area contributed by atoms with Crippen molar-refractivity contribution in [1.29, 1.82) is 0 Å². The number of hydrogen-bond acceptors (Lipinski definition) is 3. The number of carboxylic acids is 1. The smallest absolute Gasteiger partial charge is 0.339 e. The third-order valence-electron chi connectivity index (χ3n) is 3.81. The van der Waals surface area contributed by atoms with Crippen molar-refractivity contribution in [1.82, 2.24) is 0 Å². The minimum absolute atomic E-state index is 0.0810. The zero-order valence-corrected chi connectivity index (χ0v) is 11.2. The summed E-state index contributed by atoms with van der Waals surface area (Å²) in [6.45, 7) is 2.32. The number of ether oxygens (including phenoxy) is 1. The first-order chi connectivity index (χ1) is 9.09. The minimum atomic E-state index is -1.13. The van der Waals surface area contributed by atoms with Gasteiger partial charge in [0, 0.05) is 5.56 Å². The summed E-state index contributed by atoms with van der Waals surface area (Å²) < 4.78 is 5.74.